The molecule has 3 N–H and O–H groups in total. The lowest BCUT2D eigenvalue weighted by Crippen LogP contribution is -2.36. The molecule has 1 saturated heterocycles. The van der Waals surface area contributed by atoms with Crippen LogP contribution in [0, 0.1) is 13.8 Å². The predicted octanol–water partition coefficient (Wildman–Crippen LogP) is 0.665. The number of anilines is 2. The third-order valence-corrected chi connectivity index (χ3v) is 5.12. The van der Waals surface area contributed by atoms with Crippen molar-refractivity contribution in [3.8, 4) is 0 Å². The number of aromatic nitrogens is 2. The van der Waals surface area contributed by atoms with Crippen LogP contribution in [0.2, 0.25) is 0 Å². The minimum Gasteiger partial charge on any atom is -0.383 e. The van der Waals surface area contributed by atoms with E-state index >= 15 is 0 Å². The van der Waals surface area contributed by atoms with Crippen molar-refractivity contribution in [3.63, 3.8) is 0 Å². The average molecular weight is 270 g/mol. The molecule has 1 aromatic heterocycles. The molecule has 0 radical (unpaired) electrons. The van der Waals surface area contributed by atoms with Crippen LogP contribution < -0.4 is 11.1 Å². The maximum absolute atomic E-state index is 11.6. The molecule has 1 aliphatic heterocycles. The van der Waals surface area contributed by atoms with Gasteiger partial charge in [-0.25, -0.2) is 18.4 Å². The van der Waals surface area contributed by atoms with Gasteiger partial charge in [-0.1, -0.05) is 0 Å². The molecule has 6 nitrogen and oxygen atoms in total. The lowest BCUT2D eigenvalue weighted by Gasteiger charge is -2.25. The summed E-state index contributed by atoms with van der Waals surface area (Å²) >= 11 is 0. The number of sulfone groups is 1. The Morgan fingerprint density at radius 1 is 1.33 bits per heavy atom. The Kier molecular flexibility index (Phi) is 2.96. The van der Waals surface area contributed by atoms with Crippen LogP contribution >= 0.6 is 0 Å². The second kappa shape index (κ2) is 4.08. The zero-order chi connectivity index (χ0) is 13.6. The molecule has 0 aliphatic carbocycles. The number of nitrogens with one attached hydrogen (secondary N) is 1. The monoisotopic (exact) mass is 270 g/mol. The lowest BCUT2D eigenvalue weighted by atomic mass is 10.0. The Morgan fingerprint density at radius 3 is 2.56 bits per heavy atom. The Balaban J connectivity index is 2.30. The van der Waals surface area contributed by atoms with Gasteiger partial charge in [0.15, 0.2) is 9.84 Å². The van der Waals surface area contributed by atoms with E-state index in [1.165, 1.54) is 0 Å². The van der Waals surface area contributed by atoms with Crippen LogP contribution in [0.15, 0.2) is 0 Å². The topological polar surface area (TPSA) is 98.0 Å². The molecule has 1 atom stereocenters. The quantitative estimate of drug-likeness (QED) is 0.819. The van der Waals surface area contributed by atoms with Gasteiger partial charge in [0.05, 0.1) is 17.0 Å². The minimum absolute atomic E-state index is 0.127. The van der Waals surface area contributed by atoms with Gasteiger partial charge in [0.25, 0.3) is 0 Å². The second-order valence-corrected chi connectivity index (χ2v) is 7.34. The Morgan fingerprint density at radius 2 is 2.00 bits per heavy atom. The number of nitrogens with zero attached hydrogens (tertiary/aromatic N) is 2. The van der Waals surface area contributed by atoms with Gasteiger partial charge in [-0.05, 0) is 27.2 Å². The zero-order valence-corrected chi connectivity index (χ0v) is 11.6. The van der Waals surface area contributed by atoms with Gasteiger partial charge in [0, 0.05) is 5.56 Å². The molecule has 18 heavy (non-hydrogen) atoms. The summed E-state index contributed by atoms with van der Waals surface area (Å²) in [6.45, 7) is 5.48. The molecule has 1 fully saturated rings. The predicted molar refractivity (Wildman–Crippen MR) is 71.2 cm³/mol. The fraction of sp³-hybridized carbons (Fsp3) is 0.636. The van der Waals surface area contributed by atoms with Crippen molar-refractivity contribution in [2.75, 3.05) is 22.6 Å². The van der Waals surface area contributed by atoms with Gasteiger partial charge in [0.2, 0.25) is 0 Å². The third-order valence-electron chi connectivity index (χ3n) is 3.22. The molecule has 0 amide bonds. The summed E-state index contributed by atoms with van der Waals surface area (Å²) in [4.78, 5) is 8.36. The van der Waals surface area contributed by atoms with E-state index in [0.717, 1.165) is 5.56 Å². The number of nitrogen functional groups attached to an aromatic ring is 1. The highest BCUT2D eigenvalue weighted by molar-refractivity contribution is 7.91. The number of rotatable bonds is 2. The fourth-order valence-corrected chi connectivity index (χ4v) is 4.26. The van der Waals surface area contributed by atoms with Crippen LogP contribution in [-0.2, 0) is 9.84 Å². The number of aryl methyl sites for hydroxylation is 1. The maximum Gasteiger partial charge on any atom is 0.152 e. The first kappa shape index (κ1) is 13.1. The summed E-state index contributed by atoms with van der Waals surface area (Å²) in [5.41, 5.74) is 6.06. The molecular weight excluding hydrogens is 252 g/mol. The van der Waals surface area contributed by atoms with Crippen LogP contribution in [0.5, 0.6) is 0 Å². The van der Waals surface area contributed by atoms with Crippen molar-refractivity contribution in [2.24, 2.45) is 0 Å². The van der Waals surface area contributed by atoms with Crippen LogP contribution in [0.1, 0.15) is 24.7 Å². The van der Waals surface area contributed by atoms with E-state index in [9.17, 15) is 8.42 Å². The van der Waals surface area contributed by atoms with Gasteiger partial charge in [-0.3, -0.25) is 0 Å². The van der Waals surface area contributed by atoms with E-state index < -0.39 is 15.4 Å². The first-order chi connectivity index (χ1) is 8.21. The smallest absolute Gasteiger partial charge is 0.152 e. The van der Waals surface area contributed by atoms with Gasteiger partial charge < -0.3 is 11.1 Å². The summed E-state index contributed by atoms with van der Waals surface area (Å²) in [7, 11) is -2.94. The standard InChI is InChI=1S/C11H18N4O2S/c1-7-9(12)13-8(2)14-10(7)15-11(3)4-5-18(16,17)6-11/h4-6H2,1-3H3,(H3,12,13,14,15). The largest absolute Gasteiger partial charge is 0.383 e. The Bertz CT molecular complexity index is 585. The van der Waals surface area contributed by atoms with Crippen molar-refractivity contribution >= 4 is 21.5 Å². The van der Waals surface area contributed by atoms with Gasteiger partial charge >= 0.3 is 0 Å². The first-order valence-electron chi connectivity index (χ1n) is 5.80. The summed E-state index contributed by atoms with van der Waals surface area (Å²) < 4.78 is 23.1. The molecule has 1 aliphatic rings. The van der Waals surface area contributed by atoms with Crippen molar-refractivity contribution in [3.05, 3.63) is 11.4 Å². The fourth-order valence-electron chi connectivity index (χ4n) is 2.17. The van der Waals surface area contributed by atoms with Crippen molar-refractivity contribution < 1.29 is 8.42 Å². The molecule has 7 heteroatoms. The average Bonchev–Trinajstić information content (AvgIpc) is 2.49. The zero-order valence-electron chi connectivity index (χ0n) is 10.8. The Hall–Kier alpha value is -1.37. The van der Waals surface area contributed by atoms with Crippen molar-refractivity contribution in [1.82, 2.24) is 9.97 Å². The molecule has 100 valence electrons. The third kappa shape index (κ3) is 2.55. The van der Waals surface area contributed by atoms with E-state index in [1.807, 2.05) is 13.8 Å². The van der Waals surface area contributed by atoms with E-state index in [0.29, 0.717) is 23.9 Å². The van der Waals surface area contributed by atoms with Crippen LogP contribution in [0.3, 0.4) is 0 Å². The molecule has 1 unspecified atom stereocenters. The molecule has 2 heterocycles. The lowest BCUT2D eigenvalue weighted by molar-refractivity contribution is 0.571. The van der Waals surface area contributed by atoms with Crippen LogP contribution in [0.25, 0.3) is 0 Å². The normalized spacial score (nSPS) is 26.2. The minimum atomic E-state index is -2.94. The van der Waals surface area contributed by atoms with Crippen LogP contribution in [0.4, 0.5) is 11.6 Å². The molecule has 0 saturated carbocycles. The summed E-state index contributed by atoms with van der Waals surface area (Å²) in [5, 5.41) is 3.21. The second-order valence-electron chi connectivity index (χ2n) is 5.16. The summed E-state index contributed by atoms with van der Waals surface area (Å²) in [6.07, 6.45) is 0.581. The summed E-state index contributed by atoms with van der Waals surface area (Å²) in [6, 6.07) is 0. The van der Waals surface area contributed by atoms with E-state index in [1.54, 1.807) is 6.92 Å². The highest BCUT2D eigenvalue weighted by atomic mass is 32.2. The molecule has 0 spiro atoms. The molecule has 0 aromatic carbocycles. The number of hydrogen-bond donors (Lipinski definition) is 2. The molecule has 1 aromatic rings. The number of hydrogen-bond acceptors (Lipinski definition) is 6. The summed E-state index contributed by atoms with van der Waals surface area (Å²) in [5.74, 6) is 1.97. The van der Waals surface area contributed by atoms with Crippen molar-refractivity contribution in [1.29, 1.82) is 0 Å². The SMILES string of the molecule is Cc1nc(N)c(C)c(NC2(C)CCS(=O)(=O)C2)n1. The molecular formula is C11H18N4O2S. The van der Waals surface area contributed by atoms with Crippen molar-refractivity contribution in [2.45, 2.75) is 32.7 Å². The van der Waals surface area contributed by atoms with Gasteiger partial charge in [0.1, 0.15) is 17.5 Å². The van der Waals surface area contributed by atoms with Gasteiger partial charge in [-0.15, -0.1) is 0 Å². The number of nitrogens with two attached hydrogens (primary N) is 1. The maximum atomic E-state index is 11.6. The molecule has 2 rings (SSSR count). The molecule has 0 bridgehead atoms. The Labute approximate surface area is 107 Å². The van der Waals surface area contributed by atoms with Gasteiger partial charge in [-0.2, -0.15) is 0 Å². The van der Waals surface area contributed by atoms with E-state index in [-0.39, 0.29) is 11.5 Å². The van der Waals surface area contributed by atoms with Crippen LogP contribution in [-0.4, -0.2) is 35.4 Å². The first-order valence-corrected chi connectivity index (χ1v) is 7.62. The highest BCUT2D eigenvalue weighted by Gasteiger charge is 2.38. The highest BCUT2D eigenvalue weighted by Crippen LogP contribution is 2.29. The van der Waals surface area contributed by atoms with E-state index in [2.05, 4.69) is 15.3 Å². The van der Waals surface area contributed by atoms with E-state index in [4.69, 9.17) is 5.73 Å².